The van der Waals surface area contributed by atoms with Crippen LogP contribution in [-0.2, 0) is 11.2 Å². The molecule has 0 aliphatic carbocycles. The van der Waals surface area contributed by atoms with Gasteiger partial charge < -0.3 is 9.88 Å². The van der Waals surface area contributed by atoms with Gasteiger partial charge in [-0.15, -0.1) is 0 Å². The molecule has 4 nitrogen and oxygen atoms in total. The molecular formula is C22H25Cl2N3O. The number of para-hydroxylation sites is 2. The first-order valence-electron chi connectivity index (χ1n) is 9.60. The lowest BCUT2D eigenvalue weighted by Crippen LogP contribution is -2.37. The first-order valence-corrected chi connectivity index (χ1v) is 10.4. The summed E-state index contributed by atoms with van der Waals surface area (Å²) in [4.78, 5) is 17.8. The molecule has 0 bridgehead atoms. The Labute approximate surface area is 175 Å². The number of aromatic nitrogens is 2. The number of rotatable bonds is 7. The summed E-state index contributed by atoms with van der Waals surface area (Å²) < 4.78 is 2.07. The monoisotopic (exact) mass is 417 g/mol. The van der Waals surface area contributed by atoms with Gasteiger partial charge in [-0.25, -0.2) is 4.98 Å². The molecule has 148 valence electrons. The van der Waals surface area contributed by atoms with E-state index in [1.54, 1.807) is 6.07 Å². The molecule has 0 aliphatic heterocycles. The number of imidazole rings is 1. The zero-order valence-corrected chi connectivity index (χ0v) is 17.9. The van der Waals surface area contributed by atoms with Crippen LogP contribution in [0.2, 0.25) is 10.0 Å². The molecule has 2 aromatic carbocycles. The largest absolute Gasteiger partial charge is 0.352 e. The molecule has 0 spiro atoms. The molecule has 1 N–H and O–H groups in total. The molecule has 0 unspecified atom stereocenters. The van der Waals surface area contributed by atoms with Crippen molar-refractivity contribution in [3.05, 3.63) is 63.9 Å². The average Bonchev–Trinajstić information content (AvgIpc) is 2.99. The van der Waals surface area contributed by atoms with E-state index in [9.17, 15) is 4.79 Å². The van der Waals surface area contributed by atoms with Crippen molar-refractivity contribution in [3.8, 4) is 0 Å². The smallest absolute Gasteiger partial charge is 0.243 e. The van der Waals surface area contributed by atoms with Crippen molar-refractivity contribution >= 4 is 40.1 Å². The number of nitrogens with one attached hydrogen (secondary N) is 1. The highest BCUT2D eigenvalue weighted by Crippen LogP contribution is 2.29. The summed E-state index contributed by atoms with van der Waals surface area (Å²) >= 11 is 12.4. The number of nitrogens with zero attached hydrogens (tertiary/aromatic N) is 2. The molecule has 1 aromatic heterocycles. The maximum atomic E-state index is 13.0. The summed E-state index contributed by atoms with van der Waals surface area (Å²) in [7, 11) is 0. The van der Waals surface area contributed by atoms with Crippen LogP contribution in [0.3, 0.4) is 0 Å². The van der Waals surface area contributed by atoms with Crippen LogP contribution in [0.15, 0.2) is 42.5 Å². The Morgan fingerprint density at radius 3 is 2.61 bits per heavy atom. The Bertz CT molecular complexity index is 981. The number of halogens is 2. The van der Waals surface area contributed by atoms with Crippen LogP contribution in [0.5, 0.6) is 0 Å². The minimum atomic E-state index is -0.319. The lowest BCUT2D eigenvalue weighted by molar-refractivity contribution is -0.125. The summed E-state index contributed by atoms with van der Waals surface area (Å²) in [5.74, 6) is 0.839. The SMILES string of the molecule is CCC[C@H](C(=O)NC(C)C)n1c(Cc2ccc(Cl)cc2Cl)nc2ccccc21. The van der Waals surface area contributed by atoms with Gasteiger partial charge in [0.2, 0.25) is 5.91 Å². The summed E-state index contributed by atoms with van der Waals surface area (Å²) in [6.45, 7) is 6.03. The number of carbonyl (C=O) groups excluding carboxylic acids is 1. The van der Waals surface area contributed by atoms with Gasteiger partial charge in [0, 0.05) is 22.5 Å². The van der Waals surface area contributed by atoms with Gasteiger partial charge in [0.25, 0.3) is 0 Å². The van der Waals surface area contributed by atoms with E-state index in [0.29, 0.717) is 16.5 Å². The van der Waals surface area contributed by atoms with Crippen molar-refractivity contribution in [3.63, 3.8) is 0 Å². The molecule has 3 aromatic rings. The second-order valence-corrected chi connectivity index (χ2v) is 8.11. The predicted molar refractivity (Wildman–Crippen MR) is 116 cm³/mol. The third-order valence-electron chi connectivity index (χ3n) is 4.64. The molecule has 0 saturated carbocycles. The average molecular weight is 418 g/mol. The van der Waals surface area contributed by atoms with E-state index < -0.39 is 0 Å². The zero-order valence-electron chi connectivity index (χ0n) is 16.4. The van der Waals surface area contributed by atoms with Gasteiger partial charge in [0.15, 0.2) is 0 Å². The highest BCUT2D eigenvalue weighted by atomic mass is 35.5. The quantitative estimate of drug-likeness (QED) is 0.527. The van der Waals surface area contributed by atoms with Gasteiger partial charge in [-0.05, 0) is 50.1 Å². The van der Waals surface area contributed by atoms with Crippen LogP contribution in [0.25, 0.3) is 11.0 Å². The fourth-order valence-corrected chi connectivity index (χ4v) is 3.91. The van der Waals surface area contributed by atoms with Crippen LogP contribution < -0.4 is 5.32 Å². The lowest BCUT2D eigenvalue weighted by Gasteiger charge is -2.22. The first kappa shape index (κ1) is 20.7. The molecule has 1 amide bonds. The Morgan fingerprint density at radius 2 is 1.93 bits per heavy atom. The van der Waals surface area contributed by atoms with Gasteiger partial charge in [-0.1, -0.05) is 54.7 Å². The summed E-state index contributed by atoms with van der Waals surface area (Å²) in [5.41, 5.74) is 2.77. The maximum Gasteiger partial charge on any atom is 0.243 e. The van der Waals surface area contributed by atoms with E-state index in [1.165, 1.54) is 0 Å². The second-order valence-electron chi connectivity index (χ2n) is 7.27. The zero-order chi connectivity index (χ0) is 20.3. The Kier molecular flexibility index (Phi) is 6.63. The number of carbonyl (C=O) groups is 1. The third kappa shape index (κ3) is 4.50. The van der Waals surface area contributed by atoms with Crippen molar-refractivity contribution in [1.29, 1.82) is 0 Å². The predicted octanol–water partition coefficient (Wildman–Crippen LogP) is 5.80. The van der Waals surface area contributed by atoms with Crippen molar-refractivity contribution in [2.24, 2.45) is 0 Å². The minimum Gasteiger partial charge on any atom is -0.352 e. The van der Waals surface area contributed by atoms with Crippen LogP contribution >= 0.6 is 23.2 Å². The van der Waals surface area contributed by atoms with E-state index in [-0.39, 0.29) is 18.0 Å². The topological polar surface area (TPSA) is 46.9 Å². The van der Waals surface area contributed by atoms with Gasteiger partial charge >= 0.3 is 0 Å². The van der Waals surface area contributed by atoms with Gasteiger partial charge in [-0.2, -0.15) is 0 Å². The van der Waals surface area contributed by atoms with Crippen LogP contribution in [0.4, 0.5) is 0 Å². The highest BCUT2D eigenvalue weighted by Gasteiger charge is 2.25. The minimum absolute atomic E-state index is 0.0171. The lowest BCUT2D eigenvalue weighted by atomic mass is 10.1. The van der Waals surface area contributed by atoms with Crippen molar-refractivity contribution in [2.45, 2.75) is 52.1 Å². The van der Waals surface area contributed by atoms with Crippen molar-refractivity contribution in [2.75, 3.05) is 0 Å². The van der Waals surface area contributed by atoms with E-state index in [1.807, 2.05) is 50.2 Å². The number of amides is 1. The Hall–Kier alpha value is -2.04. The van der Waals surface area contributed by atoms with Gasteiger partial charge in [0.05, 0.1) is 11.0 Å². The second kappa shape index (κ2) is 8.97. The fraction of sp³-hybridized carbons (Fsp3) is 0.364. The van der Waals surface area contributed by atoms with Crippen LogP contribution in [0, 0.1) is 0 Å². The highest BCUT2D eigenvalue weighted by molar-refractivity contribution is 6.35. The molecule has 1 heterocycles. The number of fused-ring (bicyclic) bond motifs is 1. The summed E-state index contributed by atoms with van der Waals surface area (Å²) in [5, 5.41) is 4.26. The third-order valence-corrected chi connectivity index (χ3v) is 5.23. The normalized spacial score (nSPS) is 12.5. The number of hydrogen-bond acceptors (Lipinski definition) is 2. The standard InChI is InChI=1S/C22H25Cl2N3O/c1-4-7-20(22(28)25-14(2)3)27-19-9-6-5-8-18(19)26-21(27)12-15-10-11-16(23)13-17(15)24/h5-6,8-11,13-14,20H,4,7,12H2,1-3H3,(H,25,28)/t20-/m1/s1. The van der Waals surface area contributed by atoms with E-state index >= 15 is 0 Å². The molecule has 0 radical (unpaired) electrons. The van der Waals surface area contributed by atoms with E-state index in [0.717, 1.165) is 35.3 Å². The number of hydrogen-bond donors (Lipinski definition) is 1. The van der Waals surface area contributed by atoms with E-state index in [4.69, 9.17) is 28.2 Å². The first-order chi connectivity index (χ1) is 13.4. The molecule has 28 heavy (non-hydrogen) atoms. The Morgan fingerprint density at radius 1 is 1.18 bits per heavy atom. The maximum absolute atomic E-state index is 13.0. The number of benzene rings is 2. The molecule has 0 aliphatic rings. The van der Waals surface area contributed by atoms with Crippen LogP contribution in [0.1, 0.15) is 51.0 Å². The molecule has 0 saturated heterocycles. The molecule has 3 rings (SSSR count). The molecule has 6 heteroatoms. The summed E-state index contributed by atoms with van der Waals surface area (Å²) in [6, 6.07) is 13.2. The van der Waals surface area contributed by atoms with Gasteiger partial charge in [0.1, 0.15) is 11.9 Å². The van der Waals surface area contributed by atoms with Gasteiger partial charge in [-0.3, -0.25) is 4.79 Å². The summed E-state index contributed by atoms with van der Waals surface area (Å²) in [6.07, 6.45) is 2.16. The Balaban J connectivity index is 2.10. The fourth-order valence-electron chi connectivity index (χ4n) is 3.43. The van der Waals surface area contributed by atoms with Crippen molar-refractivity contribution in [1.82, 2.24) is 14.9 Å². The molecule has 0 fully saturated rings. The van der Waals surface area contributed by atoms with Crippen molar-refractivity contribution < 1.29 is 4.79 Å². The van der Waals surface area contributed by atoms with E-state index in [2.05, 4.69) is 16.8 Å². The molecule has 1 atom stereocenters. The molecular weight excluding hydrogens is 393 g/mol. The van der Waals surface area contributed by atoms with Crippen LogP contribution in [-0.4, -0.2) is 21.5 Å².